The standard InChI is InChI=1S/C12H12BrNO/c13-6-2-1-3-9-4-5-11-10(7-9)8-14-12(11)15/h1,3-5,7H,2,6,8H2,(H,14,15). The fourth-order valence-electron chi connectivity index (χ4n) is 1.64. The molecular weight excluding hydrogens is 254 g/mol. The van der Waals surface area contributed by atoms with Gasteiger partial charge < -0.3 is 5.32 Å². The summed E-state index contributed by atoms with van der Waals surface area (Å²) in [6.45, 7) is 0.661. The molecule has 0 unspecified atom stereocenters. The molecule has 1 aliphatic heterocycles. The molecular formula is C12H12BrNO. The fourth-order valence-corrected chi connectivity index (χ4v) is 1.90. The Hall–Kier alpha value is -1.09. The van der Waals surface area contributed by atoms with Crippen LogP contribution in [0.25, 0.3) is 6.08 Å². The van der Waals surface area contributed by atoms with E-state index in [4.69, 9.17) is 0 Å². The number of carbonyl (C=O) groups excluding carboxylic acids is 1. The van der Waals surface area contributed by atoms with E-state index >= 15 is 0 Å². The van der Waals surface area contributed by atoms with Gasteiger partial charge in [0, 0.05) is 17.4 Å². The molecule has 1 N–H and O–H groups in total. The molecule has 0 aromatic heterocycles. The van der Waals surface area contributed by atoms with Gasteiger partial charge in [-0.15, -0.1) is 0 Å². The summed E-state index contributed by atoms with van der Waals surface area (Å²) in [5, 5.41) is 3.79. The Morgan fingerprint density at radius 1 is 1.47 bits per heavy atom. The van der Waals surface area contributed by atoms with Crippen molar-refractivity contribution in [2.45, 2.75) is 13.0 Å². The highest BCUT2D eigenvalue weighted by Gasteiger charge is 2.17. The zero-order valence-corrected chi connectivity index (χ0v) is 9.88. The summed E-state index contributed by atoms with van der Waals surface area (Å²) in [6.07, 6.45) is 5.24. The van der Waals surface area contributed by atoms with Gasteiger partial charge in [-0.1, -0.05) is 34.1 Å². The van der Waals surface area contributed by atoms with E-state index in [1.54, 1.807) is 0 Å². The van der Waals surface area contributed by atoms with Gasteiger partial charge in [-0.25, -0.2) is 0 Å². The summed E-state index contributed by atoms with van der Waals surface area (Å²) in [4.78, 5) is 11.3. The van der Waals surface area contributed by atoms with Crippen LogP contribution >= 0.6 is 15.9 Å². The maximum absolute atomic E-state index is 11.3. The van der Waals surface area contributed by atoms with E-state index < -0.39 is 0 Å². The van der Waals surface area contributed by atoms with Gasteiger partial charge in [-0.2, -0.15) is 0 Å². The summed E-state index contributed by atoms with van der Waals surface area (Å²) in [5.41, 5.74) is 3.07. The van der Waals surface area contributed by atoms with Crippen LogP contribution < -0.4 is 5.32 Å². The Balaban J connectivity index is 2.19. The molecule has 1 aromatic rings. The Morgan fingerprint density at radius 2 is 2.33 bits per heavy atom. The Labute approximate surface area is 97.5 Å². The maximum atomic E-state index is 11.3. The van der Waals surface area contributed by atoms with Crippen molar-refractivity contribution < 1.29 is 4.79 Å². The number of carbonyl (C=O) groups is 1. The average molecular weight is 266 g/mol. The van der Waals surface area contributed by atoms with Crippen LogP contribution in [0.4, 0.5) is 0 Å². The van der Waals surface area contributed by atoms with Crippen LogP contribution in [-0.4, -0.2) is 11.2 Å². The summed E-state index contributed by atoms with van der Waals surface area (Å²) < 4.78 is 0. The number of fused-ring (bicyclic) bond motifs is 1. The predicted octanol–water partition coefficient (Wildman–Crippen LogP) is 2.73. The second-order valence-electron chi connectivity index (χ2n) is 3.48. The third kappa shape index (κ3) is 2.29. The van der Waals surface area contributed by atoms with Crippen molar-refractivity contribution in [3.05, 3.63) is 41.0 Å². The van der Waals surface area contributed by atoms with E-state index in [1.165, 1.54) is 0 Å². The zero-order chi connectivity index (χ0) is 10.7. The minimum Gasteiger partial charge on any atom is -0.348 e. The summed E-state index contributed by atoms with van der Waals surface area (Å²) in [5.74, 6) is 0.0426. The van der Waals surface area contributed by atoms with E-state index in [2.05, 4.69) is 39.5 Å². The maximum Gasteiger partial charge on any atom is 0.251 e. The van der Waals surface area contributed by atoms with Crippen molar-refractivity contribution in [3.63, 3.8) is 0 Å². The molecule has 2 nitrogen and oxygen atoms in total. The van der Waals surface area contributed by atoms with Crippen LogP contribution in [0.15, 0.2) is 24.3 Å². The van der Waals surface area contributed by atoms with Crippen LogP contribution in [0.5, 0.6) is 0 Å². The molecule has 0 atom stereocenters. The van der Waals surface area contributed by atoms with Gasteiger partial charge in [-0.3, -0.25) is 4.79 Å². The quantitative estimate of drug-likeness (QED) is 0.837. The first-order valence-electron chi connectivity index (χ1n) is 4.95. The number of nitrogens with one attached hydrogen (secondary N) is 1. The highest BCUT2D eigenvalue weighted by atomic mass is 79.9. The predicted molar refractivity (Wildman–Crippen MR) is 65.1 cm³/mol. The van der Waals surface area contributed by atoms with E-state index in [-0.39, 0.29) is 5.91 Å². The minimum absolute atomic E-state index is 0.0426. The lowest BCUT2D eigenvalue weighted by atomic mass is 10.1. The SMILES string of the molecule is O=C1NCc2cc(C=CCCBr)ccc21. The van der Waals surface area contributed by atoms with E-state index in [0.29, 0.717) is 6.54 Å². The van der Waals surface area contributed by atoms with E-state index in [1.807, 2.05) is 12.1 Å². The molecule has 0 saturated carbocycles. The third-order valence-corrected chi connectivity index (χ3v) is 2.86. The molecule has 0 saturated heterocycles. The monoisotopic (exact) mass is 265 g/mol. The summed E-state index contributed by atoms with van der Waals surface area (Å²) >= 11 is 3.37. The van der Waals surface area contributed by atoms with Gasteiger partial charge >= 0.3 is 0 Å². The molecule has 0 aliphatic carbocycles. The van der Waals surface area contributed by atoms with Gasteiger partial charge in [0.2, 0.25) is 0 Å². The van der Waals surface area contributed by atoms with Crippen molar-refractivity contribution >= 4 is 27.9 Å². The molecule has 15 heavy (non-hydrogen) atoms. The van der Waals surface area contributed by atoms with Crippen LogP contribution in [0, 0.1) is 0 Å². The second kappa shape index (κ2) is 4.62. The molecule has 0 radical (unpaired) electrons. The number of benzene rings is 1. The fraction of sp³-hybridized carbons (Fsp3) is 0.250. The first kappa shape index (κ1) is 10.4. The Kier molecular flexibility index (Phi) is 3.21. The van der Waals surface area contributed by atoms with Gasteiger partial charge in [0.1, 0.15) is 0 Å². The van der Waals surface area contributed by atoms with Crippen molar-refractivity contribution in [1.82, 2.24) is 5.32 Å². The van der Waals surface area contributed by atoms with Crippen LogP contribution in [0.2, 0.25) is 0 Å². The molecule has 1 aliphatic rings. The highest BCUT2D eigenvalue weighted by Crippen LogP contribution is 2.18. The molecule has 1 aromatic carbocycles. The van der Waals surface area contributed by atoms with Gasteiger partial charge in [0.25, 0.3) is 5.91 Å². The van der Waals surface area contributed by atoms with Crippen LogP contribution in [0.1, 0.15) is 27.9 Å². The molecule has 0 fully saturated rings. The third-order valence-electron chi connectivity index (χ3n) is 2.40. The Morgan fingerprint density at radius 3 is 3.13 bits per heavy atom. The van der Waals surface area contributed by atoms with Gasteiger partial charge in [-0.05, 0) is 29.7 Å². The van der Waals surface area contributed by atoms with E-state index in [9.17, 15) is 4.79 Å². The number of hydrogen-bond donors (Lipinski definition) is 1. The zero-order valence-electron chi connectivity index (χ0n) is 8.29. The average Bonchev–Trinajstić information content (AvgIpc) is 2.61. The topological polar surface area (TPSA) is 29.1 Å². The largest absolute Gasteiger partial charge is 0.348 e. The lowest BCUT2D eigenvalue weighted by molar-refractivity contribution is 0.0966. The number of hydrogen-bond acceptors (Lipinski definition) is 1. The number of rotatable bonds is 3. The Bertz CT molecular complexity index is 412. The normalized spacial score (nSPS) is 14.3. The number of alkyl halides is 1. The smallest absolute Gasteiger partial charge is 0.251 e. The van der Waals surface area contributed by atoms with Crippen LogP contribution in [-0.2, 0) is 6.54 Å². The first-order chi connectivity index (χ1) is 7.31. The number of amides is 1. The van der Waals surface area contributed by atoms with Crippen molar-refractivity contribution in [3.8, 4) is 0 Å². The van der Waals surface area contributed by atoms with Crippen molar-refractivity contribution in [2.75, 3.05) is 5.33 Å². The molecule has 1 heterocycles. The number of halogens is 1. The molecule has 78 valence electrons. The molecule has 0 bridgehead atoms. The lowest BCUT2D eigenvalue weighted by Gasteiger charge is -1.97. The van der Waals surface area contributed by atoms with Crippen LogP contribution in [0.3, 0.4) is 0 Å². The van der Waals surface area contributed by atoms with Gasteiger partial charge in [0.05, 0.1) is 0 Å². The number of allylic oxidation sites excluding steroid dienone is 1. The second-order valence-corrected chi connectivity index (χ2v) is 4.27. The molecule has 3 heteroatoms. The van der Waals surface area contributed by atoms with Gasteiger partial charge in [0.15, 0.2) is 0 Å². The first-order valence-corrected chi connectivity index (χ1v) is 6.07. The minimum atomic E-state index is 0.0426. The molecule has 1 amide bonds. The van der Waals surface area contributed by atoms with E-state index in [0.717, 1.165) is 28.4 Å². The lowest BCUT2D eigenvalue weighted by Crippen LogP contribution is -2.12. The molecule has 2 rings (SSSR count). The summed E-state index contributed by atoms with van der Waals surface area (Å²) in [6, 6.07) is 5.94. The highest BCUT2D eigenvalue weighted by molar-refractivity contribution is 9.09. The summed E-state index contributed by atoms with van der Waals surface area (Å²) in [7, 11) is 0. The van der Waals surface area contributed by atoms with Crippen molar-refractivity contribution in [2.24, 2.45) is 0 Å². The van der Waals surface area contributed by atoms with Crippen molar-refractivity contribution in [1.29, 1.82) is 0 Å². The molecule has 0 spiro atoms.